The molecule has 1 saturated heterocycles. The number of carboxylic acids is 2. The predicted octanol–water partition coefficient (Wildman–Crippen LogP) is -4.49. The highest BCUT2D eigenvalue weighted by Crippen LogP contribution is 2.05. The van der Waals surface area contributed by atoms with E-state index in [4.69, 9.17) is 5.11 Å². The van der Waals surface area contributed by atoms with Crippen molar-refractivity contribution in [3.63, 3.8) is 0 Å². The number of hydrogen-bond donors (Lipinski definition) is 11. The van der Waals surface area contributed by atoms with Crippen LogP contribution in [0.5, 0.6) is 0 Å². The van der Waals surface area contributed by atoms with E-state index >= 15 is 0 Å². The number of aliphatic hydroxyl groups excluding tert-OH is 1. The van der Waals surface area contributed by atoms with Crippen LogP contribution in [0.15, 0.2) is 0 Å². The highest BCUT2D eigenvalue weighted by molar-refractivity contribution is 7.80. The Hall–Kier alpha value is -3.58. The Balaban J connectivity index is 3.50. The van der Waals surface area contributed by atoms with Gasteiger partial charge in [-0.1, -0.05) is 0 Å². The Morgan fingerprint density at radius 2 is 1.12 bits per heavy atom. The van der Waals surface area contributed by atoms with Crippen molar-refractivity contribution in [1.29, 1.82) is 0 Å². The molecule has 19 heteroatoms. The van der Waals surface area contributed by atoms with Gasteiger partial charge in [0.25, 0.3) is 0 Å². The highest BCUT2D eigenvalue weighted by Gasteiger charge is 2.35. The number of carbonyl (C=O) groups excluding carboxylic acids is 6. The molecule has 0 saturated carbocycles. The molecule has 1 heterocycles. The first-order chi connectivity index (χ1) is 19.1. The van der Waals surface area contributed by atoms with Gasteiger partial charge in [-0.25, -0.2) is 0 Å². The largest absolute Gasteiger partial charge is 0.481 e. The number of nitrogens with one attached hydrogen (secondary N) is 6. The van der Waals surface area contributed by atoms with Gasteiger partial charge in [-0.2, -0.15) is 25.3 Å². The number of thiol groups is 2. The quantitative estimate of drug-likeness (QED) is 0.115. The second kappa shape index (κ2) is 16.6. The average molecular weight is 623 g/mol. The SMILES string of the molecule is C[C@@H]1NC(=O)[C@H](CC(=O)O)NC(=O)[C@H](CS)NC(=O)[C@H](CS)NC(=O)[C@H]([C@@H](C)O)NC(=O)[C@H](CCC(=O)O)NC1=O. The van der Waals surface area contributed by atoms with E-state index in [0.717, 1.165) is 6.92 Å². The Kier molecular flexibility index (Phi) is 14.4. The zero-order valence-electron chi connectivity index (χ0n) is 22.1. The van der Waals surface area contributed by atoms with E-state index in [0.29, 0.717) is 0 Å². The maximum atomic E-state index is 13.0. The fourth-order valence-electron chi connectivity index (χ4n) is 3.45. The molecule has 0 aromatic heterocycles. The van der Waals surface area contributed by atoms with E-state index in [1.54, 1.807) is 0 Å². The minimum absolute atomic E-state index is 0.307. The number of aliphatic hydroxyl groups is 1. The standard InChI is InChI=1S/C22H34N6O11S2/c1-8-17(34)24-10(3-4-14(30)31)18(35)28-16(9(2)29)22(39)27-13(7-41)21(38)26-12(6-40)20(37)25-11(5-15(32)33)19(36)23-8/h8-13,16,29,40-41H,3-7H2,1-2H3,(H,23,36)(H,24,34)(H,25,37)(H,26,38)(H,27,39)(H,28,35)(H,30,31)(H,32,33)/t8-,9+,10-,11-,12-,13-,16-/m0/s1. The summed E-state index contributed by atoms with van der Waals surface area (Å²) in [5, 5.41) is 41.8. The smallest absolute Gasteiger partial charge is 0.305 e. The summed E-state index contributed by atoms with van der Waals surface area (Å²) in [5.74, 6) is -9.51. The maximum absolute atomic E-state index is 13.0. The second-order valence-corrected chi connectivity index (χ2v) is 9.83. The maximum Gasteiger partial charge on any atom is 0.305 e. The van der Waals surface area contributed by atoms with Gasteiger partial charge in [0.1, 0.15) is 36.3 Å². The molecule has 7 atom stereocenters. The van der Waals surface area contributed by atoms with E-state index in [2.05, 4.69) is 57.2 Å². The normalized spacial score (nSPS) is 27.9. The molecule has 41 heavy (non-hydrogen) atoms. The van der Waals surface area contributed by atoms with Crippen molar-refractivity contribution in [2.24, 2.45) is 0 Å². The van der Waals surface area contributed by atoms with E-state index in [1.807, 2.05) is 0 Å². The lowest BCUT2D eigenvalue weighted by atomic mass is 10.1. The summed E-state index contributed by atoms with van der Waals surface area (Å²) in [4.78, 5) is 99.6. The van der Waals surface area contributed by atoms with Gasteiger partial charge in [0.05, 0.1) is 12.5 Å². The van der Waals surface area contributed by atoms with Crippen LogP contribution in [0.4, 0.5) is 0 Å². The van der Waals surface area contributed by atoms with Crippen LogP contribution in [-0.4, -0.2) is 117 Å². The minimum atomic E-state index is -1.70. The van der Waals surface area contributed by atoms with Crippen molar-refractivity contribution < 1.29 is 53.7 Å². The minimum Gasteiger partial charge on any atom is -0.481 e. The molecule has 1 fully saturated rings. The van der Waals surface area contributed by atoms with Crippen LogP contribution in [0.1, 0.15) is 33.1 Å². The molecule has 9 N–H and O–H groups in total. The van der Waals surface area contributed by atoms with Crippen LogP contribution in [0.25, 0.3) is 0 Å². The zero-order chi connectivity index (χ0) is 31.4. The Morgan fingerprint density at radius 3 is 1.59 bits per heavy atom. The fraction of sp³-hybridized carbons (Fsp3) is 0.636. The molecule has 0 aliphatic carbocycles. The fourth-order valence-corrected chi connectivity index (χ4v) is 3.96. The zero-order valence-corrected chi connectivity index (χ0v) is 23.9. The number of carbonyl (C=O) groups is 8. The van der Waals surface area contributed by atoms with E-state index < -0.39 is 109 Å². The monoisotopic (exact) mass is 622 g/mol. The van der Waals surface area contributed by atoms with Gasteiger partial charge in [-0.3, -0.25) is 38.4 Å². The number of hydrogen-bond acceptors (Lipinski definition) is 11. The van der Waals surface area contributed by atoms with Crippen LogP contribution in [-0.2, 0) is 38.4 Å². The van der Waals surface area contributed by atoms with Crippen molar-refractivity contribution in [3.8, 4) is 0 Å². The summed E-state index contributed by atoms with van der Waals surface area (Å²) in [7, 11) is 0. The average Bonchev–Trinajstić information content (AvgIpc) is 2.88. The number of rotatable bonds is 8. The first-order valence-corrected chi connectivity index (χ1v) is 13.5. The molecule has 6 amide bonds. The number of amides is 6. The van der Waals surface area contributed by atoms with Crippen molar-refractivity contribution >= 4 is 72.6 Å². The first kappa shape index (κ1) is 35.4. The molecule has 0 bridgehead atoms. The lowest BCUT2D eigenvalue weighted by Crippen LogP contribution is -2.63. The van der Waals surface area contributed by atoms with Gasteiger partial charge in [-0.05, 0) is 20.3 Å². The highest BCUT2D eigenvalue weighted by atomic mass is 32.1. The third-order valence-electron chi connectivity index (χ3n) is 5.74. The van der Waals surface area contributed by atoms with Crippen molar-refractivity contribution in [1.82, 2.24) is 31.9 Å². The van der Waals surface area contributed by atoms with Crippen LogP contribution >= 0.6 is 25.3 Å². The molecular weight excluding hydrogens is 588 g/mol. The molecule has 0 radical (unpaired) electrons. The molecule has 230 valence electrons. The summed E-state index contributed by atoms with van der Waals surface area (Å²) in [6.45, 7) is 2.33. The number of carboxylic acid groups (broad SMARTS) is 2. The lowest BCUT2D eigenvalue weighted by Gasteiger charge is -2.28. The molecule has 0 aromatic rings. The third kappa shape index (κ3) is 11.4. The Morgan fingerprint density at radius 1 is 0.683 bits per heavy atom. The van der Waals surface area contributed by atoms with Gasteiger partial charge < -0.3 is 47.2 Å². The first-order valence-electron chi connectivity index (χ1n) is 12.3. The van der Waals surface area contributed by atoms with Gasteiger partial charge in [0, 0.05) is 17.9 Å². The molecule has 1 rings (SSSR count). The van der Waals surface area contributed by atoms with Gasteiger partial charge in [0.15, 0.2) is 0 Å². The third-order valence-corrected chi connectivity index (χ3v) is 6.47. The predicted molar refractivity (Wildman–Crippen MR) is 146 cm³/mol. The van der Waals surface area contributed by atoms with Crippen LogP contribution < -0.4 is 31.9 Å². The van der Waals surface area contributed by atoms with Crippen LogP contribution in [0, 0.1) is 0 Å². The topological polar surface area (TPSA) is 269 Å². The Bertz CT molecular complexity index is 1040. The van der Waals surface area contributed by atoms with Crippen molar-refractivity contribution in [2.75, 3.05) is 11.5 Å². The van der Waals surface area contributed by atoms with Crippen molar-refractivity contribution in [3.05, 3.63) is 0 Å². The summed E-state index contributed by atoms with van der Waals surface area (Å²) >= 11 is 8.01. The molecule has 17 nitrogen and oxygen atoms in total. The second-order valence-electron chi connectivity index (χ2n) is 9.10. The molecule has 0 spiro atoms. The molecule has 1 aliphatic rings. The Labute approximate surface area is 245 Å². The number of aliphatic carboxylic acids is 2. The van der Waals surface area contributed by atoms with Crippen molar-refractivity contribution in [2.45, 2.75) is 75.5 Å². The molecule has 0 aromatic carbocycles. The van der Waals surface area contributed by atoms with E-state index in [9.17, 15) is 48.6 Å². The van der Waals surface area contributed by atoms with Crippen LogP contribution in [0.2, 0.25) is 0 Å². The van der Waals surface area contributed by atoms with Crippen LogP contribution in [0.3, 0.4) is 0 Å². The van der Waals surface area contributed by atoms with Gasteiger partial charge >= 0.3 is 11.9 Å². The summed E-state index contributed by atoms with van der Waals surface area (Å²) in [6.07, 6.45) is -3.47. The molecule has 1 aliphatic heterocycles. The van der Waals surface area contributed by atoms with E-state index in [-0.39, 0.29) is 11.5 Å². The van der Waals surface area contributed by atoms with Gasteiger partial charge in [-0.15, -0.1) is 0 Å². The summed E-state index contributed by atoms with van der Waals surface area (Å²) < 4.78 is 0. The van der Waals surface area contributed by atoms with E-state index in [1.165, 1.54) is 6.92 Å². The lowest BCUT2D eigenvalue weighted by molar-refractivity contribution is -0.142. The molecule has 0 unspecified atom stereocenters. The van der Waals surface area contributed by atoms with Gasteiger partial charge in [0.2, 0.25) is 35.4 Å². The summed E-state index contributed by atoms with van der Waals surface area (Å²) in [5.41, 5.74) is 0. The molecular formula is C22H34N6O11S2. The summed E-state index contributed by atoms with van der Waals surface area (Å²) in [6, 6.07) is -9.15.